The van der Waals surface area contributed by atoms with Gasteiger partial charge in [-0.05, 0) is 62.3 Å². The fraction of sp³-hybridized carbons (Fsp3) is 0.393. The second kappa shape index (κ2) is 12.0. The largest absolute Gasteiger partial charge is 0.365 e. The van der Waals surface area contributed by atoms with Crippen molar-refractivity contribution in [1.29, 1.82) is 0 Å². The van der Waals surface area contributed by atoms with Crippen LogP contribution in [0, 0.1) is 5.92 Å². The number of ketones is 1. The summed E-state index contributed by atoms with van der Waals surface area (Å²) in [5.74, 6) is -0.246. The highest BCUT2D eigenvalue weighted by Gasteiger charge is 2.23. The van der Waals surface area contributed by atoms with Crippen LogP contribution in [0.3, 0.4) is 0 Å². The van der Waals surface area contributed by atoms with Crippen LogP contribution in [-0.2, 0) is 9.63 Å². The second-order valence-electron chi connectivity index (χ2n) is 8.81. The van der Waals surface area contributed by atoms with E-state index in [1.807, 2.05) is 36.4 Å². The van der Waals surface area contributed by atoms with Gasteiger partial charge in [0.05, 0.1) is 5.57 Å². The van der Waals surface area contributed by atoms with E-state index in [4.69, 9.17) is 4.84 Å². The van der Waals surface area contributed by atoms with Gasteiger partial charge < -0.3 is 4.84 Å². The number of hydrogen-bond donors (Lipinski definition) is 0. The second-order valence-corrected chi connectivity index (χ2v) is 9.95. The number of oxime groups is 1. The first kappa shape index (κ1) is 23.5. The van der Waals surface area contributed by atoms with Crippen molar-refractivity contribution < 1.29 is 14.4 Å². The minimum absolute atomic E-state index is 0.158. The zero-order chi connectivity index (χ0) is 22.9. The van der Waals surface area contributed by atoms with E-state index < -0.39 is 5.97 Å². The maximum atomic E-state index is 13.3. The van der Waals surface area contributed by atoms with Crippen molar-refractivity contribution in [1.82, 2.24) is 0 Å². The first-order valence-corrected chi connectivity index (χ1v) is 12.8. The maximum Gasteiger partial charge on any atom is 0.365 e. The lowest BCUT2D eigenvalue weighted by Gasteiger charge is -2.21. The molecule has 0 saturated heterocycles. The smallest absolute Gasteiger partial charge is 0.312 e. The van der Waals surface area contributed by atoms with E-state index in [1.165, 1.54) is 24.2 Å². The van der Waals surface area contributed by atoms with Crippen molar-refractivity contribution >= 4 is 29.2 Å². The SMILES string of the molecule is O=C(O/N=C(\CC1CCCCC1)C(=O)c1ccc(SC2=CCCC=C2)cc1)C1=CCCC=C1. The van der Waals surface area contributed by atoms with Crippen LogP contribution < -0.4 is 0 Å². The molecule has 172 valence electrons. The molecule has 0 atom stereocenters. The molecule has 0 bridgehead atoms. The molecular weight excluding hydrogens is 430 g/mol. The average Bonchev–Trinajstić information content (AvgIpc) is 2.88. The topological polar surface area (TPSA) is 55.7 Å². The van der Waals surface area contributed by atoms with Crippen LogP contribution in [0.5, 0.6) is 0 Å². The summed E-state index contributed by atoms with van der Waals surface area (Å²) in [4.78, 5) is 33.3. The number of hydrogen-bond acceptors (Lipinski definition) is 5. The Kier molecular flexibility index (Phi) is 8.53. The molecule has 5 heteroatoms. The lowest BCUT2D eigenvalue weighted by atomic mass is 9.84. The Balaban J connectivity index is 1.47. The molecule has 1 saturated carbocycles. The molecule has 0 amide bonds. The van der Waals surface area contributed by atoms with E-state index >= 15 is 0 Å². The fourth-order valence-electron chi connectivity index (χ4n) is 4.39. The summed E-state index contributed by atoms with van der Waals surface area (Å²) < 4.78 is 0. The Hall–Kier alpha value is -2.66. The van der Waals surface area contributed by atoms with Crippen molar-refractivity contribution in [2.24, 2.45) is 11.1 Å². The molecule has 0 spiro atoms. The van der Waals surface area contributed by atoms with Crippen LogP contribution in [0.2, 0.25) is 0 Å². The third-order valence-corrected chi connectivity index (χ3v) is 7.30. The molecule has 1 aromatic carbocycles. The predicted molar refractivity (Wildman–Crippen MR) is 134 cm³/mol. The van der Waals surface area contributed by atoms with Crippen LogP contribution in [0.1, 0.15) is 74.6 Å². The molecule has 3 aliphatic carbocycles. The summed E-state index contributed by atoms with van der Waals surface area (Å²) in [6.45, 7) is 0. The molecule has 0 radical (unpaired) electrons. The van der Waals surface area contributed by atoms with Gasteiger partial charge in [0.1, 0.15) is 5.71 Å². The van der Waals surface area contributed by atoms with Gasteiger partial charge in [-0.25, -0.2) is 4.79 Å². The highest BCUT2D eigenvalue weighted by Crippen LogP contribution is 2.31. The van der Waals surface area contributed by atoms with Crippen molar-refractivity contribution in [3.05, 3.63) is 76.8 Å². The maximum absolute atomic E-state index is 13.3. The molecule has 4 nitrogen and oxygen atoms in total. The Labute approximate surface area is 200 Å². The van der Waals surface area contributed by atoms with Gasteiger partial charge in [0, 0.05) is 15.4 Å². The highest BCUT2D eigenvalue weighted by atomic mass is 32.2. The average molecular weight is 462 g/mol. The van der Waals surface area contributed by atoms with Crippen molar-refractivity contribution in [3.63, 3.8) is 0 Å². The molecular formula is C28H31NO3S. The Morgan fingerprint density at radius 2 is 1.64 bits per heavy atom. The number of Topliss-reactive ketones (excluding diaryl/α,β-unsaturated/α-hetero) is 1. The highest BCUT2D eigenvalue weighted by molar-refractivity contribution is 8.03. The molecule has 0 aromatic heterocycles. The van der Waals surface area contributed by atoms with E-state index in [9.17, 15) is 9.59 Å². The van der Waals surface area contributed by atoms with Crippen LogP contribution in [0.25, 0.3) is 0 Å². The standard InChI is InChI=1S/C28H31NO3S/c30-27(22-16-18-25(19-17-22)33-24-14-8-3-9-15-24)26(20-21-10-4-1-5-11-21)29-32-28(31)23-12-6-2-7-13-23/h6,8,12-19,21H,1-5,7,9-11,20H2/b29-26+. The van der Waals surface area contributed by atoms with Crippen LogP contribution in [-0.4, -0.2) is 17.5 Å². The van der Waals surface area contributed by atoms with E-state index in [1.54, 1.807) is 17.8 Å². The van der Waals surface area contributed by atoms with Crippen molar-refractivity contribution in [2.45, 2.75) is 69.1 Å². The molecule has 33 heavy (non-hydrogen) atoms. The first-order valence-electron chi connectivity index (χ1n) is 12.0. The van der Waals surface area contributed by atoms with Crippen LogP contribution >= 0.6 is 11.8 Å². The fourth-order valence-corrected chi connectivity index (χ4v) is 5.30. The van der Waals surface area contributed by atoms with E-state index in [0.717, 1.165) is 43.4 Å². The summed E-state index contributed by atoms with van der Waals surface area (Å²) >= 11 is 1.70. The molecule has 1 aromatic rings. The molecule has 0 unspecified atom stereocenters. The summed E-state index contributed by atoms with van der Waals surface area (Å²) in [5, 5.41) is 4.10. The van der Waals surface area contributed by atoms with E-state index in [0.29, 0.717) is 29.2 Å². The summed E-state index contributed by atoms with van der Waals surface area (Å²) in [7, 11) is 0. The summed E-state index contributed by atoms with van der Waals surface area (Å²) in [6, 6.07) is 7.65. The lowest BCUT2D eigenvalue weighted by molar-refractivity contribution is -0.138. The number of carbonyl (C=O) groups excluding carboxylic acids is 2. The number of nitrogens with zero attached hydrogens (tertiary/aromatic N) is 1. The first-order chi connectivity index (χ1) is 16.2. The molecule has 0 heterocycles. The zero-order valence-corrected chi connectivity index (χ0v) is 19.8. The Bertz CT molecular complexity index is 1010. The van der Waals surface area contributed by atoms with Gasteiger partial charge >= 0.3 is 5.97 Å². The van der Waals surface area contributed by atoms with Gasteiger partial charge in [-0.1, -0.05) is 85.5 Å². The third-order valence-electron chi connectivity index (χ3n) is 6.25. The molecule has 0 aliphatic heterocycles. The zero-order valence-electron chi connectivity index (χ0n) is 19.0. The van der Waals surface area contributed by atoms with E-state index in [2.05, 4.69) is 23.4 Å². The predicted octanol–water partition coefficient (Wildman–Crippen LogP) is 7.34. The van der Waals surface area contributed by atoms with Crippen LogP contribution in [0.15, 0.2) is 81.3 Å². The molecule has 3 aliphatic rings. The quantitative estimate of drug-likeness (QED) is 0.176. The number of thioether (sulfide) groups is 1. The lowest BCUT2D eigenvalue weighted by Crippen LogP contribution is -2.21. The Morgan fingerprint density at radius 3 is 2.30 bits per heavy atom. The van der Waals surface area contributed by atoms with Crippen molar-refractivity contribution in [3.8, 4) is 0 Å². The van der Waals surface area contributed by atoms with Gasteiger partial charge in [0.25, 0.3) is 0 Å². The minimum atomic E-state index is -0.500. The van der Waals surface area contributed by atoms with Crippen LogP contribution in [0.4, 0.5) is 0 Å². The van der Waals surface area contributed by atoms with Gasteiger partial charge in [-0.3, -0.25) is 4.79 Å². The minimum Gasteiger partial charge on any atom is -0.312 e. The molecule has 0 N–H and O–H groups in total. The number of benzene rings is 1. The van der Waals surface area contributed by atoms with Gasteiger partial charge in [-0.2, -0.15) is 0 Å². The summed E-state index contributed by atoms with van der Waals surface area (Å²) in [6.07, 6.45) is 22.4. The number of carbonyl (C=O) groups is 2. The number of rotatable bonds is 8. The van der Waals surface area contributed by atoms with Gasteiger partial charge in [-0.15, -0.1) is 0 Å². The van der Waals surface area contributed by atoms with Crippen molar-refractivity contribution in [2.75, 3.05) is 0 Å². The third kappa shape index (κ3) is 6.91. The monoisotopic (exact) mass is 461 g/mol. The molecule has 1 fully saturated rings. The van der Waals surface area contributed by atoms with E-state index in [-0.39, 0.29) is 5.78 Å². The van der Waals surface area contributed by atoms with Gasteiger partial charge in [0.15, 0.2) is 0 Å². The Morgan fingerprint density at radius 1 is 0.909 bits per heavy atom. The number of allylic oxidation sites excluding steroid dienone is 5. The molecule has 4 rings (SSSR count). The summed E-state index contributed by atoms with van der Waals surface area (Å²) in [5.41, 5.74) is 1.42. The normalized spacial score (nSPS) is 19.1. The van der Waals surface area contributed by atoms with Gasteiger partial charge in [0.2, 0.25) is 5.78 Å².